The Morgan fingerprint density at radius 2 is 1.85 bits per heavy atom. The molecule has 0 saturated carbocycles. The van der Waals surface area contributed by atoms with Gasteiger partial charge in [0.1, 0.15) is 5.75 Å². The quantitative estimate of drug-likeness (QED) is 0.622. The van der Waals surface area contributed by atoms with Crippen molar-refractivity contribution in [1.82, 2.24) is 0 Å². The summed E-state index contributed by atoms with van der Waals surface area (Å²) in [5, 5.41) is 17.5. The van der Waals surface area contributed by atoms with Crippen LogP contribution in [0.15, 0.2) is 18.2 Å². The van der Waals surface area contributed by atoms with Crippen molar-refractivity contribution in [2.24, 2.45) is 0 Å². The van der Waals surface area contributed by atoms with Gasteiger partial charge < -0.3 is 16.1 Å². The molecule has 0 aromatic heterocycles. The molecule has 13 heavy (non-hydrogen) atoms. The van der Waals surface area contributed by atoms with Crippen molar-refractivity contribution in [1.29, 1.82) is 0 Å². The molecule has 0 bridgehead atoms. The van der Waals surface area contributed by atoms with Gasteiger partial charge in [0.25, 0.3) is 0 Å². The van der Waals surface area contributed by atoms with Crippen LogP contribution in [0.3, 0.4) is 0 Å². The predicted molar refractivity (Wildman–Crippen MR) is 48.4 cm³/mol. The fourth-order valence-corrected chi connectivity index (χ4v) is 0.960. The molecular weight excluding hydrogens is 241 g/mol. The third-order valence-corrected chi connectivity index (χ3v) is 1.87. The Labute approximate surface area is 130 Å². The standard InChI is InChI=1S/C6H5BCl2O3.K.H/c8-5-2-1-4(3-6(5)9)12-7(10)11;;/h1-3,10-11H;;/q;+1;-1. The fourth-order valence-electron chi connectivity index (χ4n) is 0.672. The maximum atomic E-state index is 8.42. The van der Waals surface area contributed by atoms with E-state index in [0.29, 0.717) is 10.0 Å². The van der Waals surface area contributed by atoms with Crippen LogP contribution in [0.1, 0.15) is 1.43 Å². The van der Waals surface area contributed by atoms with Gasteiger partial charge in [-0.25, -0.2) is 0 Å². The summed E-state index contributed by atoms with van der Waals surface area (Å²) in [6.07, 6.45) is 0. The minimum atomic E-state index is -1.85. The number of hydrogen-bond acceptors (Lipinski definition) is 3. The Morgan fingerprint density at radius 1 is 1.23 bits per heavy atom. The Kier molecular flexibility index (Phi) is 7.28. The molecule has 0 aliphatic heterocycles. The third-order valence-electron chi connectivity index (χ3n) is 1.13. The molecule has 3 nitrogen and oxygen atoms in total. The van der Waals surface area contributed by atoms with Crippen LogP contribution < -0.4 is 56.0 Å². The zero-order valence-corrected chi connectivity index (χ0v) is 11.5. The van der Waals surface area contributed by atoms with Gasteiger partial charge in [0, 0.05) is 0 Å². The molecule has 1 rings (SSSR count). The summed E-state index contributed by atoms with van der Waals surface area (Å²) < 4.78 is 4.52. The van der Waals surface area contributed by atoms with E-state index in [0.717, 1.165) is 0 Å². The molecule has 0 fully saturated rings. The maximum Gasteiger partial charge on any atom is 1.00 e. The second-order valence-corrected chi connectivity index (χ2v) is 2.83. The smallest absolute Gasteiger partial charge is 1.00 e. The summed E-state index contributed by atoms with van der Waals surface area (Å²) in [5.74, 6) is 0.249. The van der Waals surface area contributed by atoms with Gasteiger partial charge in [-0.2, -0.15) is 0 Å². The minimum absolute atomic E-state index is 0. The zero-order valence-electron chi connectivity index (χ0n) is 7.87. The van der Waals surface area contributed by atoms with E-state index in [9.17, 15) is 0 Å². The van der Waals surface area contributed by atoms with E-state index in [4.69, 9.17) is 33.2 Å². The van der Waals surface area contributed by atoms with Gasteiger partial charge >= 0.3 is 58.7 Å². The van der Waals surface area contributed by atoms with Crippen LogP contribution in [0.4, 0.5) is 0 Å². The van der Waals surface area contributed by atoms with E-state index in [-0.39, 0.29) is 58.6 Å². The molecule has 0 radical (unpaired) electrons. The number of halogens is 2. The second-order valence-electron chi connectivity index (χ2n) is 2.02. The molecule has 2 N–H and O–H groups in total. The molecule has 0 atom stereocenters. The van der Waals surface area contributed by atoms with E-state index in [1.165, 1.54) is 18.2 Å². The maximum absolute atomic E-state index is 8.42. The average Bonchev–Trinajstić information content (AvgIpc) is 1.96. The van der Waals surface area contributed by atoms with Gasteiger partial charge in [0.05, 0.1) is 10.0 Å². The van der Waals surface area contributed by atoms with Crippen molar-refractivity contribution in [3.8, 4) is 5.75 Å². The van der Waals surface area contributed by atoms with Crippen molar-refractivity contribution in [3.05, 3.63) is 28.2 Å². The van der Waals surface area contributed by atoms with Gasteiger partial charge in [-0.05, 0) is 18.2 Å². The largest absolute Gasteiger partial charge is 1.00 e. The summed E-state index contributed by atoms with van der Waals surface area (Å²) in [6.45, 7) is 0. The number of rotatable bonds is 2. The van der Waals surface area contributed by atoms with Gasteiger partial charge in [0.2, 0.25) is 0 Å². The van der Waals surface area contributed by atoms with Gasteiger partial charge in [-0.15, -0.1) is 0 Å². The Morgan fingerprint density at radius 3 is 2.31 bits per heavy atom. The first-order chi connectivity index (χ1) is 5.59. The molecule has 0 heterocycles. The molecule has 1 aromatic rings. The van der Waals surface area contributed by atoms with Crippen LogP contribution in [0.2, 0.25) is 10.0 Å². The molecule has 0 amide bonds. The molecular formula is C6H6BCl2KO3. The first kappa shape index (κ1) is 14.2. The molecule has 0 saturated heterocycles. The summed E-state index contributed by atoms with van der Waals surface area (Å²) in [5.41, 5.74) is 0. The van der Waals surface area contributed by atoms with Crippen LogP contribution in [-0.2, 0) is 0 Å². The summed E-state index contributed by atoms with van der Waals surface area (Å²) in [4.78, 5) is 0. The SMILES string of the molecule is OB(O)Oc1ccc(Cl)c(Cl)c1.[H-].[K+]. The minimum Gasteiger partial charge on any atom is -1.00 e. The van der Waals surface area contributed by atoms with Crippen LogP contribution >= 0.6 is 23.2 Å². The summed E-state index contributed by atoms with van der Waals surface area (Å²) in [6, 6.07) is 4.37. The van der Waals surface area contributed by atoms with Gasteiger partial charge in [-0.3, -0.25) is 0 Å². The van der Waals surface area contributed by atoms with E-state index >= 15 is 0 Å². The first-order valence-electron chi connectivity index (χ1n) is 3.07. The van der Waals surface area contributed by atoms with E-state index < -0.39 is 7.32 Å². The number of hydrogen-bond donors (Lipinski definition) is 2. The Hall–Kier alpha value is 1.22. The zero-order chi connectivity index (χ0) is 9.14. The molecule has 7 heteroatoms. The molecule has 0 unspecified atom stereocenters. The Balaban J connectivity index is 0. The van der Waals surface area contributed by atoms with Crippen molar-refractivity contribution >= 4 is 30.5 Å². The average molecular weight is 247 g/mol. The van der Waals surface area contributed by atoms with Crippen LogP contribution in [0, 0.1) is 0 Å². The monoisotopic (exact) mass is 246 g/mol. The van der Waals surface area contributed by atoms with E-state index in [2.05, 4.69) is 4.65 Å². The van der Waals surface area contributed by atoms with Crippen LogP contribution in [0.5, 0.6) is 5.75 Å². The normalized spacial score (nSPS) is 8.92. The van der Waals surface area contributed by atoms with E-state index in [1.54, 1.807) is 0 Å². The molecule has 1 aromatic carbocycles. The van der Waals surface area contributed by atoms with Crippen LogP contribution in [-0.4, -0.2) is 17.4 Å². The molecule has 0 spiro atoms. The fraction of sp³-hybridized carbons (Fsp3) is 0. The summed E-state index contributed by atoms with van der Waals surface area (Å²) >= 11 is 11.2. The number of benzene rings is 1. The third kappa shape index (κ3) is 5.01. The molecule has 66 valence electrons. The topological polar surface area (TPSA) is 49.7 Å². The van der Waals surface area contributed by atoms with Crippen molar-refractivity contribution in [2.45, 2.75) is 0 Å². The van der Waals surface area contributed by atoms with Crippen molar-refractivity contribution in [3.63, 3.8) is 0 Å². The van der Waals surface area contributed by atoms with Gasteiger partial charge in [0.15, 0.2) is 0 Å². The van der Waals surface area contributed by atoms with Crippen LogP contribution in [0.25, 0.3) is 0 Å². The van der Waals surface area contributed by atoms with Gasteiger partial charge in [-0.1, -0.05) is 23.2 Å². The first-order valence-corrected chi connectivity index (χ1v) is 3.83. The Bertz CT molecular complexity index is 290. The second kappa shape index (κ2) is 6.66. The molecule has 0 aliphatic carbocycles. The molecule has 0 aliphatic rings. The predicted octanol–water partition coefficient (Wildman–Crippen LogP) is -1.54. The van der Waals surface area contributed by atoms with Crippen molar-refractivity contribution in [2.75, 3.05) is 0 Å². The summed E-state index contributed by atoms with van der Waals surface area (Å²) in [7, 11) is -1.85. The van der Waals surface area contributed by atoms with Crippen molar-refractivity contribution < 1.29 is 67.5 Å². The van der Waals surface area contributed by atoms with E-state index in [1.807, 2.05) is 0 Å².